The predicted molar refractivity (Wildman–Crippen MR) is 104 cm³/mol. The van der Waals surface area contributed by atoms with E-state index in [1.807, 2.05) is 71.5 Å². The molecule has 2 heterocycles. The Hall–Kier alpha value is -2.73. The van der Waals surface area contributed by atoms with E-state index in [-0.39, 0.29) is 17.5 Å². The van der Waals surface area contributed by atoms with Gasteiger partial charge in [0.25, 0.3) is 0 Å². The van der Waals surface area contributed by atoms with Crippen molar-refractivity contribution in [3.05, 3.63) is 72.4 Å². The van der Waals surface area contributed by atoms with Gasteiger partial charge in [-0.2, -0.15) is 5.10 Å². The zero-order valence-corrected chi connectivity index (χ0v) is 15.0. The Bertz CT molecular complexity index is 1030. The third-order valence-corrected chi connectivity index (χ3v) is 6.19. The van der Waals surface area contributed by atoms with Gasteiger partial charge in [0.05, 0.1) is 23.2 Å². The molecular weight excluding hydrogens is 346 g/mol. The maximum atomic E-state index is 11.6. The highest BCUT2D eigenvalue weighted by atomic mass is 32.2. The van der Waals surface area contributed by atoms with Crippen LogP contribution >= 0.6 is 0 Å². The summed E-state index contributed by atoms with van der Waals surface area (Å²) in [6.45, 7) is 0. The predicted octanol–water partition coefficient (Wildman–Crippen LogP) is 3.15. The van der Waals surface area contributed by atoms with Gasteiger partial charge in [-0.1, -0.05) is 48.5 Å². The van der Waals surface area contributed by atoms with E-state index < -0.39 is 9.84 Å². The Balaban J connectivity index is 1.71. The summed E-state index contributed by atoms with van der Waals surface area (Å²) in [6.07, 6.45) is 4.29. The van der Waals surface area contributed by atoms with Gasteiger partial charge in [0.1, 0.15) is 5.69 Å². The molecule has 0 bridgehead atoms. The first-order valence-electron chi connectivity index (χ1n) is 8.55. The van der Waals surface area contributed by atoms with Crippen LogP contribution in [0.2, 0.25) is 0 Å². The van der Waals surface area contributed by atoms with E-state index in [1.165, 1.54) is 0 Å². The van der Waals surface area contributed by atoms with Crippen molar-refractivity contribution in [2.75, 3.05) is 11.5 Å². The molecule has 0 spiro atoms. The Morgan fingerprint density at radius 1 is 1.04 bits per heavy atom. The molecular formula is C20H19N3O2S. The topological polar surface area (TPSA) is 64.3 Å². The SMILES string of the molecule is O=S1(=O)CC[C@H](N=Cc2cn(-c3ccccc3)nc2-c2ccccc2)C1. The number of hydrogen-bond acceptors (Lipinski definition) is 4. The molecule has 132 valence electrons. The number of aromatic nitrogens is 2. The second kappa shape index (κ2) is 6.88. The molecule has 5 nitrogen and oxygen atoms in total. The monoisotopic (exact) mass is 365 g/mol. The van der Waals surface area contributed by atoms with Crippen molar-refractivity contribution in [3.63, 3.8) is 0 Å². The fraction of sp³-hybridized carbons (Fsp3) is 0.200. The van der Waals surface area contributed by atoms with Crippen molar-refractivity contribution in [3.8, 4) is 16.9 Å². The molecule has 4 rings (SSSR count). The van der Waals surface area contributed by atoms with Gasteiger partial charge in [-0.05, 0) is 18.6 Å². The molecule has 2 aromatic carbocycles. The summed E-state index contributed by atoms with van der Waals surface area (Å²) in [5.41, 5.74) is 3.68. The van der Waals surface area contributed by atoms with Gasteiger partial charge < -0.3 is 0 Å². The van der Waals surface area contributed by atoms with Crippen LogP contribution in [0.25, 0.3) is 16.9 Å². The highest BCUT2D eigenvalue weighted by Gasteiger charge is 2.27. The van der Waals surface area contributed by atoms with E-state index >= 15 is 0 Å². The second-order valence-electron chi connectivity index (χ2n) is 6.41. The number of benzene rings is 2. The van der Waals surface area contributed by atoms with Crippen molar-refractivity contribution in [2.24, 2.45) is 4.99 Å². The Labute approximate surface area is 152 Å². The third-order valence-electron chi connectivity index (χ3n) is 4.44. The van der Waals surface area contributed by atoms with Crippen LogP contribution in [0.15, 0.2) is 71.9 Å². The summed E-state index contributed by atoms with van der Waals surface area (Å²) >= 11 is 0. The van der Waals surface area contributed by atoms with E-state index in [4.69, 9.17) is 5.10 Å². The normalized spacial score (nSPS) is 19.2. The zero-order chi connectivity index (χ0) is 18.0. The largest absolute Gasteiger partial charge is 0.288 e. The highest BCUT2D eigenvalue weighted by molar-refractivity contribution is 7.91. The summed E-state index contributed by atoms with van der Waals surface area (Å²) in [6, 6.07) is 19.7. The van der Waals surface area contributed by atoms with Crippen molar-refractivity contribution in [2.45, 2.75) is 12.5 Å². The van der Waals surface area contributed by atoms with Crippen LogP contribution < -0.4 is 0 Å². The lowest BCUT2D eigenvalue weighted by Gasteiger charge is -2.00. The number of para-hydroxylation sites is 1. The van der Waals surface area contributed by atoms with E-state index in [0.717, 1.165) is 22.5 Å². The lowest BCUT2D eigenvalue weighted by molar-refractivity contribution is 0.601. The first-order chi connectivity index (χ1) is 12.6. The fourth-order valence-corrected chi connectivity index (χ4v) is 4.73. The molecule has 0 radical (unpaired) electrons. The molecule has 1 aromatic heterocycles. The number of hydrogen-bond donors (Lipinski definition) is 0. The average Bonchev–Trinajstić information content (AvgIpc) is 3.24. The molecule has 1 fully saturated rings. The van der Waals surface area contributed by atoms with E-state index in [0.29, 0.717) is 6.42 Å². The molecule has 0 saturated carbocycles. The zero-order valence-electron chi connectivity index (χ0n) is 14.2. The molecule has 26 heavy (non-hydrogen) atoms. The van der Waals surface area contributed by atoms with Crippen molar-refractivity contribution in [1.29, 1.82) is 0 Å². The molecule has 0 aliphatic carbocycles. The van der Waals surface area contributed by atoms with Gasteiger partial charge in [-0.3, -0.25) is 4.99 Å². The summed E-state index contributed by atoms with van der Waals surface area (Å²) in [7, 11) is -2.93. The van der Waals surface area contributed by atoms with Crippen molar-refractivity contribution >= 4 is 16.1 Å². The van der Waals surface area contributed by atoms with Crippen LogP contribution in [0.3, 0.4) is 0 Å². The smallest absolute Gasteiger partial charge is 0.152 e. The molecule has 0 amide bonds. The molecule has 1 aliphatic rings. The highest BCUT2D eigenvalue weighted by Crippen LogP contribution is 2.23. The molecule has 0 N–H and O–H groups in total. The molecule has 1 saturated heterocycles. The summed E-state index contributed by atoms with van der Waals surface area (Å²) in [5.74, 6) is 0.362. The number of rotatable bonds is 4. The van der Waals surface area contributed by atoms with E-state index in [1.54, 1.807) is 6.21 Å². The van der Waals surface area contributed by atoms with Crippen LogP contribution in [0.1, 0.15) is 12.0 Å². The first kappa shape index (κ1) is 16.7. The van der Waals surface area contributed by atoms with Crippen LogP contribution in [-0.2, 0) is 9.84 Å². The number of aliphatic imine (C=N–C) groups is 1. The Morgan fingerprint density at radius 3 is 2.38 bits per heavy atom. The van der Waals surface area contributed by atoms with Gasteiger partial charge in [0, 0.05) is 23.5 Å². The number of sulfone groups is 1. The molecule has 6 heteroatoms. The summed E-state index contributed by atoms with van der Waals surface area (Å²) in [5, 5.41) is 4.73. The Morgan fingerprint density at radius 2 is 1.73 bits per heavy atom. The fourth-order valence-electron chi connectivity index (χ4n) is 3.09. The van der Waals surface area contributed by atoms with Crippen LogP contribution in [0, 0.1) is 0 Å². The maximum absolute atomic E-state index is 11.6. The van der Waals surface area contributed by atoms with Gasteiger partial charge in [-0.25, -0.2) is 13.1 Å². The van der Waals surface area contributed by atoms with Gasteiger partial charge >= 0.3 is 0 Å². The third kappa shape index (κ3) is 3.60. The first-order valence-corrected chi connectivity index (χ1v) is 10.4. The molecule has 1 atom stereocenters. The van der Waals surface area contributed by atoms with Crippen LogP contribution in [-0.4, -0.2) is 42.0 Å². The minimum atomic E-state index is -2.93. The maximum Gasteiger partial charge on any atom is 0.152 e. The average molecular weight is 365 g/mol. The van der Waals surface area contributed by atoms with Gasteiger partial charge in [0.2, 0.25) is 0 Å². The summed E-state index contributed by atoms with van der Waals surface area (Å²) < 4.78 is 25.1. The van der Waals surface area contributed by atoms with E-state index in [2.05, 4.69) is 4.99 Å². The van der Waals surface area contributed by atoms with Crippen molar-refractivity contribution in [1.82, 2.24) is 9.78 Å². The van der Waals surface area contributed by atoms with Gasteiger partial charge in [0.15, 0.2) is 9.84 Å². The second-order valence-corrected chi connectivity index (χ2v) is 8.64. The minimum absolute atomic E-state index is 0.136. The quantitative estimate of drug-likeness (QED) is 0.667. The molecule has 0 unspecified atom stereocenters. The minimum Gasteiger partial charge on any atom is -0.288 e. The lowest BCUT2D eigenvalue weighted by Crippen LogP contribution is -2.07. The van der Waals surface area contributed by atoms with Crippen molar-refractivity contribution < 1.29 is 8.42 Å². The van der Waals surface area contributed by atoms with Crippen LogP contribution in [0.5, 0.6) is 0 Å². The number of nitrogens with zero attached hydrogens (tertiary/aromatic N) is 3. The van der Waals surface area contributed by atoms with Crippen LogP contribution in [0.4, 0.5) is 0 Å². The summed E-state index contributed by atoms with van der Waals surface area (Å²) in [4.78, 5) is 4.52. The van der Waals surface area contributed by atoms with E-state index in [9.17, 15) is 8.42 Å². The molecule has 1 aliphatic heterocycles. The lowest BCUT2D eigenvalue weighted by atomic mass is 10.1. The van der Waals surface area contributed by atoms with Gasteiger partial charge in [-0.15, -0.1) is 0 Å². The Kier molecular flexibility index (Phi) is 4.42. The molecule has 3 aromatic rings. The standard InChI is InChI=1S/C20H19N3O2S/c24-26(25)12-11-18(15-26)21-13-17-14-23(19-9-5-2-6-10-19)22-20(17)16-7-3-1-4-8-16/h1-10,13-14,18H,11-12,15H2/t18-/m0/s1.